The number of hydrogen-bond donors (Lipinski definition) is 1. The highest BCUT2D eigenvalue weighted by atomic mass is 16.3. The Morgan fingerprint density at radius 3 is 2.93 bits per heavy atom. The van der Waals surface area contributed by atoms with Crippen LogP contribution in [0, 0.1) is 0 Å². The van der Waals surface area contributed by atoms with Crippen molar-refractivity contribution in [2.24, 2.45) is 0 Å². The molecule has 0 bridgehead atoms. The van der Waals surface area contributed by atoms with E-state index in [0.29, 0.717) is 6.54 Å². The number of nitrogens with zero attached hydrogens (tertiary/aromatic N) is 2. The zero-order valence-corrected chi connectivity index (χ0v) is 8.67. The number of hydrogen-bond acceptors (Lipinski definition) is 3. The molecule has 2 heterocycles. The predicted octanol–water partition coefficient (Wildman–Crippen LogP) is -0.0851. The molecule has 0 radical (unpaired) electrons. The molecule has 1 aliphatic heterocycles. The quantitative estimate of drug-likeness (QED) is 0.755. The summed E-state index contributed by atoms with van der Waals surface area (Å²) < 4.78 is 1.70. The summed E-state index contributed by atoms with van der Waals surface area (Å²) in [6.07, 6.45) is 2.47. The third-order valence-electron chi connectivity index (χ3n) is 2.80. The van der Waals surface area contributed by atoms with Crippen molar-refractivity contribution < 1.29 is 5.11 Å². The first-order valence-electron chi connectivity index (χ1n) is 5.31. The van der Waals surface area contributed by atoms with Crippen LogP contribution in [0.3, 0.4) is 0 Å². The standard InChI is InChI=1S/C11H16N2O2/c14-10-4-6-12(9-10)7-8-13-5-2-1-3-11(13)15/h1-3,5,10,14H,4,6-9H2. The molecule has 1 fully saturated rings. The minimum atomic E-state index is -0.183. The van der Waals surface area contributed by atoms with Crippen LogP contribution in [0.5, 0.6) is 0 Å². The van der Waals surface area contributed by atoms with Crippen molar-refractivity contribution in [2.45, 2.75) is 19.1 Å². The molecular formula is C11H16N2O2. The zero-order valence-electron chi connectivity index (χ0n) is 8.67. The highest BCUT2D eigenvalue weighted by Crippen LogP contribution is 2.07. The Balaban J connectivity index is 1.88. The number of aliphatic hydroxyl groups excluding tert-OH is 1. The summed E-state index contributed by atoms with van der Waals surface area (Å²) in [5, 5.41) is 9.34. The number of aromatic nitrogens is 1. The Labute approximate surface area is 88.8 Å². The van der Waals surface area contributed by atoms with E-state index in [1.807, 2.05) is 6.07 Å². The second kappa shape index (κ2) is 4.59. The van der Waals surface area contributed by atoms with Gasteiger partial charge in [-0.3, -0.25) is 9.69 Å². The van der Waals surface area contributed by atoms with Crippen LogP contribution in [0.25, 0.3) is 0 Å². The van der Waals surface area contributed by atoms with Gasteiger partial charge in [0, 0.05) is 38.4 Å². The highest BCUT2D eigenvalue weighted by molar-refractivity contribution is 4.93. The van der Waals surface area contributed by atoms with Crippen molar-refractivity contribution >= 4 is 0 Å². The normalized spacial score (nSPS) is 22.1. The zero-order chi connectivity index (χ0) is 10.7. The van der Waals surface area contributed by atoms with Gasteiger partial charge in [0.15, 0.2) is 0 Å². The van der Waals surface area contributed by atoms with Crippen molar-refractivity contribution in [3.63, 3.8) is 0 Å². The molecule has 1 atom stereocenters. The molecule has 4 nitrogen and oxygen atoms in total. The van der Waals surface area contributed by atoms with Crippen LogP contribution in [0.2, 0.25) is 0 Å². The van der Waals surface area contributed by atoms with Gasteiger partial charge in [-0.05, 0) is 12.5 Å². The number of β-amino-alcohol motifs (C(OH)–C–C–N with tert-alkyl or cyclic N) is 1. The van der Waals surface area contributed by atoms with E-state index >= 15 is 0 Å². The van der Waals surface area contributed by atoms with Gasteiger partial charge in [-0.2, -0.15) is 0 Å². The topological polar surface area (TPSA) is 45.5 Å². The second-order valence-corrected chi connectivity index (χ2v) is 3.98. The first-order chi connectivity index (χ1) is 7.25. The summed E-state index contributed by atoms with van der Waals surface area (Å²) in [7, 11) is 0. The predicted molar refractivity (Wildman–Crippen MR) is 57.8 cm³/mol. The average molecular weight is 208 g/mol. The maximum Gasteiger partial charge on any atom is 0.250 e. The molecule has 0 amide bonds. The Morgan fingerprint density at radius 2 is 2.27 bits per heavy atom. The van der Waals surface area contributed by atoms with E-state index in [0.717, 1.165) is 26.1 Å². The van der Waals surface area contributed by atoms with E-state index in [1.165, 1.54) is 0 Å². The van der Waals surface area contributed by atoms with Crippen molar-refractivity contribution in [1.29, 1.82) is 0 Å². The van der Waals surface area contributed by atoms with Crippen LogP contribution in [0.1, 0.15) is 6.42 Å². The summed E-state index contributed by atoms with van der Waals surface area (Å²) in [5.41, 5.74) is 0.0391. The fourth-order valence-electron chi connectivity index (χ4n) is 1.91. The first kappa shape index (κ1) is 10.4. The second-order valence-electron chi connectivity index (χ2n) is 3.98. The first-order valence-corrected chi connectivity index (χ1v) is 5.31. The fourth-order valence-corrected chi connectivity index (χ4v) is 1.91. The van der Waals surface area contributed by atoms with E-state index < -0.39 is 0 Å². The Hall–Kier alpha value is -1.13. The molecular weight excluding hydrogens is 192 g/mol. The third-order valence-corrected chi connectivity index (χ3v) is 2.80. The van der Waals surface area contributed by atoms with E-state index in [4.69, 9.17) is 0 Å². The van der Waals surface area contributed by atoms with Gasteiger partial charge in [-0.15, -0.1) is 0 Å². The van der Waals surface area contributed by atoms with Gasteiger partial charge in [-0.25, -0.2) is 0 Å². The molecule has 1 aliphatic rings. The summed E-state index contributed by atoms with van der Waals surface area (Å²) in [5.74, 6) is 0. The molecule has 1 saturated heterocycles. The summed E-state index contributed by atoms with van der Waals surface area (Å²) in [4.78, 5) is 13.6. The molecule has 0 aliphatic carbocycles. The molecule has 15 heavy (non-hydrogen) atoms. The molecule has 0 aromatic carbocycles. The van der Waals surface area contributed by atoms with Gasteiger partial charge < -0.3 is 9.67 Å². The van der Waals surface area contributed by atoms with Gasteiger partial charge in [0.05, 0.1) is 6.10 Å². The smallest absolute Gasteiger partial charge is 0.250 e. The minimum Gasteiger partial charge on any atom is -0.392 e. The maximum absolute atomic E-state index is 11.4. The number of likely N-dealkylation sites (tertiary alicyclic amines) is 1. The minimum absolute atomic E-state index is 0.0391. The van der Waals surface area contributed by atoms with Gasteiger partial charge in [0.25, 0.3) is 5.56 Å². The van der Waals surface area contributed by atoms with Crippen molar-refractivity contribution in [2.75, 3.05) is 19.6 Å². The number of pyridine rings is 1. The van der Waals surface area contributed by atoms with Crippen LogP contribution in [-0.2, 0) is 6.54 Å². The lowest BCUT2D eigenvalue weighted by atomic mass is 10.3. The van der Waals surface area contributed by atoms with Gasteiger partial charge in [0.1, 0.15) is 0 Å². The summed E-state index contributed by atoms with van der Waals surface area (Å²) in [6, 6.07) is 5.18. The third kappa shape index (κ3) is 2.67. The monoisotopic (exact) mass is 208 g/mol. The van der Waals surface area contributed by atoms with E-state index in [2.05, 4.69) is 4.90 Å². The van der Waals surface area contributed by atoms with Crippen LogP contribution < -0.4 is 5.56 Å². The largest absolute Gasteiger partial charge is 0.392 e. The summed E-state index contributed by atoms with van der Waals surface area (Å²) in [6.45, 7) is 3.21. The molecule has 0 spiro atoms. The van der Waals surface area contributed by atoms with Crippen LogP contribution in [0.15, 0.2) is 29.2 Å². The molecule has 2 rings (SSSR count). The molecule has 4 heteroatoms. The Morgan fingerprint density at radius 1 is 1.40 bits per heavy atom. The average Bonchev–Trinajstić information content (AvgIpc) is 2.63. The molecule has 1 N–H and O–H groups in total. The maximum atomic E-state index is 11.4. The van der Waals surface area contributed by atoms with E-state index in [9.17, 15) is 9.90 Å². The molecule has 0 saturated carbocycles. The van der Waals surface area contributed by atoms with Crippen LogP contribution >= 0.6 is 0 Å². The van der Waals surface area contributed by atoms with Gasteiger partial charge >= 0.3 is 0 Å². The Bertz CT molecular complexity index is 375. The SMILES string of the molecule is O=c1ccccn1CCN1CCC(O)C1. The van der Waals surface area contributed by atoms with E-state index in [1.54, 1.807) is 22.9 Å². The number of rotatable bonds is 3. The Kier molecular flexibility index (Phi) is 3.18. The lowest BCUT2D eigenvalue weighted by Gasteiger charge is -2.15. The lowest BCUT2D eigenvalue weighted by molar-refractivity contribution is 0.175. The van der Waals surface area contributed by atoms with Crippen LogP contribution in [-0.4, -0.2) is 40.3 Å². The van der Waals surface area contributed by atoms with Crippen molar-refractivity contribution in [3.05, 3.63) is 34.7 Å². The van der Waals surface area contributed by atoms with Crippen LogP contribution in [0.4, 0.5) is 0 Å². The molecule has 82 valence electrons. The van der Waals surface area contributed by atoms with Crippen molar-refractivity contribution in [3.8, 4) is 0 Å². The summed E-state index contributed by atoms with van der Waals surface area (Å²) >= 11 is 0. The molecule has 1 aromatic heterocycles. The van der Waals surface area contributed by atoms with Gasteiger partial charge in [-0.1, -0.05) is 6.07 Å². The van der Waals surface area contributed by atoms with Crippen molar-refractivity contribution in [1.82, 2.24) is 9.47 Å². The molecule has 1 aromatic rings. The molecule has 1 unspecified atom stereocenters. The van der Waals surface area contributed by atoms with E-state index in [-0.39, 0.29) is 11.7 Å². The fraction of sp³-hybridized carbons (Fsp3) is 0.545. The lowest BCUT2D eigenvalue weighted by Crippen LogP contribution is -2.29. The number of aliphatic hydroxyl groups is 1. The highest BCUT2D eigenvalue weighted by Gasteiger charge is 2.19. The van der Waals surface area contributed by atoms with Gasteiger partial charge in [0.2, 0.25) is 0 Å².